The highest BCUT2D eigenvalue weighted by Crippen LogP contribution is 2.16. The van der Waals surface area contributed by atoms with Gasteiger partial charge in [-0.1, -0.05) is 94.5 Å². The summed E-state index contributed by atoms with van der Waals surface area (Å²) in [6, 6.07) is 9.57. The molecule has 0 fully saturated rings. The van der Waals surface area contributed by atoms with Gasteiger partial charge in [0, 0.05) is 25.6 Å². The smallest absolute Gasteiger partial charge is 0.220 e. The highest BCUT2D eigenvalue weighted by molar-refractivity contribution is 5.75. The molecular weight excluding hydrogens is 356 g/mol. The third kappa shape index (κ3) is 19.7. The summed E-state index contributed by atoms with van der Waals surface area (Å²) in [7, 11) is 0. The predicted octanol–water partition coefficient (Wildman–Crippen LogP) is 6.82. The Morgan fingerprint density at radius 3 is 1.79 bits per heavy atom. The fourth-order valence-electron chi connectivity index (χ4n) is 2.53. The summed E-state index contributed by atoms with van der Waals surface area (Å²) in [4.78, 5) is 11.2. The van der Waals surface area contributed by atoms with Crippen molar-refractivity contribution in [2.45, 2.75) is 101 Å². The molecule has 172 valence electrons. The van der Waals surface area contributed by atoms with Crippen LogP contribution in [0.25, 0.3) is 0 Å². The molecule has 2 N–H and O–H groups in total. The molecule has 0 radical (unpaired) electrons. The molecule has 1 amide bonds. The number of carbonyl (C=O) groups is 1. The molecule has 3 nitrogen and oxygen atoms in total. The number of amides is 1. The Bertz CT molecular complexity index is 490. The first-order valence-electron chi connectivity index (χ1n) is 10.7. The number of hydrogen-bond acceptors (Lipinski definition) is 2. The lowest BCUT2D eigenvalue weighted by Crippen LogP contribution is -2.34. The molecule has 29 heavy (non-hydrogen) atoms. The van der Waals surface area contributed by atoms with Gasteiger partial charge in [0.05, 0.1) is 0 Å². The van der Waals surface area contributed by atoms with Crippen molar-refractivity contribution in [3.05, 3.63) is 35.4 Å². The lowest BCUT2D eigenvalue weighted by Gasteiger charge is -2.09. The van der Waals surface area contributed by atoms with Gasteiger partial charge in [0.15, 0.2) is 0 Å². The molecule has 0 aromatic heterocycles. The van der Waals surface area contributed by atoms with E-state index in [-0.39, 0.29) is 20.8 Å². The largest absolute Gasteiger partial charge is 0.355 e. The molecule has 0 bridgehead atoms. The fraction of sp³-hybridized carbons (Fsp3) is 0.731. The highest BCUT2D eigenvalue weighted by atomic mass is 16.1. The molecular formula is C26H52N2O. The zero-order chi connectivity index (χ0) is 20.8. The van der Waals surface area contributed by atoms with Crippen molar-refractivity contribution in [1.29, 1.82) is 0 Å². The van der Waals surface area contributed by atoms with Crippen LogP contribution in [0.1, 0.15) is 100 Å². The maximum Gasteiger partial charge on any atom is 0.220 e. The van der Waals surface area contributed by atoms with E-state index in [2.05, 4.69) is 76.4 Å². The van der Waals surface area contributed by atoms with Crippen LogP contribution in [0.15, 0.2) is 24.3 Å². The molecule has 0 heterocycles. The van der Waals surface area contributed by atoms with Crippen molar-refractivity contribution >= 4 is 5.91 Å². The Morgan fingerprint density at radius 1 is 0.828 bits per heavy atom. The van der Waals surface area contributed by atoms with Crippen LogP contribution in [0.5, 0.6) is 0 Å². The first kappa shape index (κ1) is 32.3. The number of hydrogen-bond donors (Lipinski definition) is 2. The molecule has 0 saturated carbocycles. The van der Waals surface area contributed by atoms with Crippen molar-refractivity contribution < 1.29 is 4.79 Å². The second kappa shape index (κ2) is 18.7. The molecule has 1 aromatic carbocycles. The Kier molecular flexibility index (Phi) is 20.8. The zero-order valence-electron chi connectivity index (χ0n) is 19.1. The number of aryl methyl sites for hydroxylation is 1. The first-order chi connectivity index (χ1) is 12.6. The normalized spacial score (nSPS) is 10.3. The van der Waals surface area contributed by atoms with Crippen molar-refractivity contribution in [2.75, 3.05) is 13.1 Å². The van der Waals surface area contributed by atoms with Crippen LogP contribution in [0.3, 0.4) is 0 Å². The number of benzene rings is 1. The SMILES string of the molecule is C.C.CC(C)CC(=O)NCCNC(C)C.CC(C)CCc1ccc(C(C)C)cc1. The van der Waals surface area contributed by atoms with Gasteiger partial charge in [0.25, 0.3) is 0 Å². The molecule has 3 heteroatoms. The predicted molar refractivity (Wildman–Crippen MR) is 133 cm³/mol. The lowest BCUT2D eigenvalue weighted by atomic mass is 9.98. The van der Waals surface area contributed by atoms with E-state index in [4.69, 9.17) is 0 Å². The monoisotopic (exact) mass is 408 g/mol. The van der Waals surface area contributed by atoms with Crippen molar-refractivity contribution in [3.63, 3.8) is 0 Å². The molecule has 0 aliphatic carbocycles. The summed E-state index contributed by atoms with van der Waals surface area (Å²) in [5, 5.41) is 6.11. The molecule has 0 atom stereocenters. The Balaban J connectivity index is -0.000000438. The van der Waals surface area contributed by atoms with Crippen LogP contribution in [0.4, 0.5) is 0 Å². The van der Waals surface area contributed by atoms with E-state index in [9.17, 15) is 4.79 Å². The van der Waals surface area contributed by atoms with Crippen LogP contribution < -0.4 is 10.6 Å². The zero-order valence-corrected chi connectivity index (χ0v) is 19.1. The highest BCUT2D eigenvalue weighted by Gasteiger charge is 2.03. The van der Waals surface area contributed by atoms with Crippen LogP contribution in [-0.2, 0) is 11.2 Å². The van der Waals surface area contributed by atoms with Crippen LogP contribution in [0.2, 0.25) is 0 Å². The average Bonchev–Trinajstić information content (AvgIpc) is 2.57. The van der Waals surface area contributed by atoms with E-state index in [1.54, 1.807) is 0 Å². The van der Waals surface area contributed by atoms with E-state index < -0.39 is 0 Å². The molecule has 0 saturated heterocycles. The molecule has 0 spiro atoms. The summed E-state index contributed by atoms with van der Waals surface area (Å²) in [6.07, 6.45) is 3.14. The van der Waals surface area contributed by atoms with E-state index in [0.717, 1.165) is 19.0 Å². The van der Waals surface area contributed by atoms with Crippen LogP contribution >= 0.6 is 0 Å². The minimum atomic E-state index is 0. The number of nitrogens with one attached hydrogen (secondary N) is 2. The Hall–Kier alpha value is -1.35. The second-order valence-corrected chi connectivity index (χ2v) is 8.89. The second-order valence-electron chi connectivity index (χ2n) is 8.89. The van der Waals surface area contributed by atoms with E-state index in [0.29, 0.717) is 24.3 Å². The van der Waals surface area contributed by atoms with E-state index in [1.165, 1.54) is 24.0 Å². The van der Waals surface area contributed by atoms with Crippen molar-refractivity contribution in [1.82, 2.24) is 10.6 Å². The van der Waals surface area contributed by atoms with Gasteiger partial charge in [-0.2, -0.15) is 0 Å². The fourth-order valence-corrected chi connectivity index (χ4v) is 2.53. The summed E-state index contributed by atoms with van der Waals surface area (Å²) < 4.78 is 0. The van der Waals surface area contributed by atoms with Crippen LogP contribution in [0, 0.1) is 11.8 Å². The van der Waals surface area contributed by atoms with Gasteiger partial charge in [-0.25, -0.2) is 0 Å². The lowest BCUT2D eigenvalue weighted by molar-refractivity contribution is -0.121. The Labute approximate surface area is 183 Å². The third-order valence-corrected chi connectivity index (χ3v) is 4.25. The molecule has 0 aliphatic heterocycles. The molecule has 1 rings (SSSR count). The topological polar surface area (TPSA) is 41.1 Å². The van der Waals surface area contributed by atoms with Crippen molar-refractivity contribution in [2.24, 2.45) is 11.8 Å². The maximum absolute atomic E-state index is 11.2. The van der Waals surface area contributed by atoms with Gasteiger partial charge >= 0.3 is 0 Å². The summed E-state index contributed by atoms with van der Waals surface area (Å²) in [5.74, 6) is 2.05. The van der Waals surface area contributed by atoms with Gasteiger partial charge in [0.2, 0.25) is 5.91 Å². The first-order valence-corrected chi connectivity index (χ1v) is 10.7. The average molecular weight is 409 g/mol. The van der Waals surface area contributed by atoms with Crippen molar-refractivity contribution in [3.8, 4) is 0 Å². The number of rotatable bonds is 10. The van der Waals surface area contributed by atoms with Gasteiger partial charge in [-0.15, -0.1) is 0 Å². The maximum atomic E-state index is 11.2. The van der Waals surface area contributed by atoms with Gasteiger partial charge in [-0.05, 0) is 41.7 Å². The van der Waals surface area contributed by atoms with Gasteiger partial charge in [-0.3, -0.25) is 4.79 Å². The number of carbonyl (C=O) groups excluding carboxylic acids is 1. The quantitative estimate of drug-likeness (QED) is 0.417. The molecule has 0 aliphatic rings. The summed E-state index contributed by atoms with van der Waals surface area (Å²) in [6.45, 7) is 18.9. The summed E-state index contributed by atoms with van der Waals surface area (Å²) >= 11 is 0. The van der Waals surface area contributed by atoms with E-state index >= 15 is 0 Å². The third-order valence-electron chi connectivity index (χ3n) is 4.25. The Morgan fingerprint density at radius 2 is 1.38 bits per heavy atom. The van der Waals surface area contributed by atoms with Gasteiger partial charge in [0.1, 0.15) is 0 Å². The molecule has 1 aromatic rings. The van der Waals surface area contributed by atoms with Gasteiger partial charge < -0.3 is 10.6 Å². The van der Waals surface area contributed by atoms with E-state index in [1.807, 2.05) is 13.8 Å². The minimum absolute atomic E-state index is 0. The standard InChI is InChI=1S/C14H22.C10H22N2O.2CH4/c1-11(2)5-6-13-7-9-14(10-8-13)12(3)4;1-8(2)7-10(13)12-6-5-11-9(3)4;;/h7-12H,5-6H2,1-4H3;8-9,11H,5-7H2,1-4H3,(H,12,13);2*1H4. The summed E-state index contributed by atoms with van der Waals surface area (Å²) in [5.41, 5.74) is 2.92. The molecule has 0 unspecified atom stereocenters. The van der Waals surface area contributed by atoms with Crippen LogP contribution in [-0.4, -0.2) is 25.0 Å². The minimum Gasteiger partial charge on any atom is -0.355 e.